The second-order valence-corrected chi connectivity index (χ2v) is 6.23. The zero-order valence-electron chi connectivity index (χ0n) is 10.9. The molecule has 3 nitrogen and oxygen atoms in total. The van der Waals surface area contributed by atoms with Crippen LogP contribution in [-0.4, -0.2) is 6.10 Å². The van der Waals surface area contributed by atoms with Crippen molar-refractivity contribution in [1.29, 1.82) is 0 Å². The van der Waals surface area contributed by atoms with Crippen LogP contribution in [0.25, 0.3) is 0 Å². The van der Waals surface area contributed by atoms with E-state index in [0.29, 0.717) is 0 Å². The summed E-state index contributed by atoms with van der Waals surface area (Å²) in [4.78, 5) is 1.08. The van der Waals surface area contributed by atoms with Crippen LogP contribution >= 0.6 is 22.9 Å². The van der Waals surface area contributed by atoms with Crippen LogP contribution in [0.4, 0.5) is 0 Å². The summed E-state index contributed by atoms with van der Waals surface area (Å²) in [5.41, 5.74) is 3.88. The van der Waals surface area contributed by atoms with Crippen molar-refractivity contribution in [2.45, 2.75) is 26.0 Å². The van der Waals surface area contributed by atoms with Gasteiger partial charge in [0.1, 0.15) is 5.75 Å². The Labute approximate surface area is 122 Å². The molecule has 1 heterocycles. The minimum Gasteiger partial charge on any atom is -0.491 e. The maximum atomic E-state index is 5.97. The van der Waals surface area contributed by atoms with Crippen LogP contribution in [0.3, 0.4) is 0 Å². The van der Waals surface area contributed by atoms with Gasteiger partial charge in [0, 0.05) is 4.88 Å². The summed E-state index contributed by atoms with van der Waals surface area (Å²) in [6, 6.07) is 11.7. The van der Waals surface area contributed by atoms with E-state index in [1.165, 1.54) is 11.3 Å². The first-order valence-electron chi connectivity index (χ1n) is 6.08. The molecular formula is C14H17ClN2OS. The SMILES string of the molecule is CC(C)Oc1cccc(C(NN)c2ccc(Cl)s2)c1. The average Bonchev–Trinajstić information content (AvgIpc) is 2.76. The first kappa shape index (κ1) is 14.3. The summed E-state index contributed by atoms with van der Waals surface area (Å²) < 4.78 is 6.45. The highest BCUT2D eigenvalue weighted by molar-refractivity contribution is 7.16. The molecule has 19 heavy (non-hydrogen) atoms. The zero-order valence-corrected chi connectivity index (χ0v) is 12.5. The third kappa shape index (κ3) is 3.70. The molecule has 1 atom stereocenters. The Kier molecular flexibility index (Phi) is 4.82. The van der Waals surface area contributed by atoms with Crippen LogP contribution in [0.5, 0.6) is 5.75 Å². The van der Waals surface area contributed by atoms with Gasteiger partial charge in [0.25, 0.3) is 0 Å². The summed E-state index contributed by atoms with van der Waals surface area (Å²) in [5.74, 6) is 6.51. The molecular weight excluding hydrogens is 280 g/mol. The van der Waals surface area contributed by atoms with E-state index in [2.05, 4.69) is 5.43 Å². The monoisotopic (exact) mass is 296 g/mol. The van der Waals surface area contributed by atoms with Crippen LogP contribution in [0.15, 0.2) is 36.4 Å². The minimum atomic E-state index is -0.0757. The van der Waals surface area contributed by atoms with E-state index in [1.54, 1.807) is 0 Å². The lowest BCUT2D eigenvalue weighted by Gasteiger charge is -2.17. The van der Waals surface area contributed by atoms with Crippen molar-refractivity contribution in [3.05, 3.63) is 51.2 Å². The van der Waals surface area contributed by atoms with E-state index >= 15 is 0 Å². The van der Waals surface area contributed by atoms with Gasteiger partial charge in [-0.2, -0.15) is 0 Å². The standard InChI is InChI=1S/C14H17ClN2OS/c1-9(2)18-11-5-3-4-10(8-11)14(17-16)12-6-7-13(15)19-12/h3-9,14,17H,16H2,1-2H3. The summed E-state index contributed by atoms with van der Waals surface area (Å²) in [6.07, 6.45) is 0.149. The van der Waals surface area contributed by atoms with Crippen LogP contribution in [-0.2, 0) is 0 Å². The van der Waals surface area contributed by atoms with Crippen molar-refractivity contribution in [3.63, 3.8) is 0 Å². The highest BCUT2D eigenvalue weighted by atomic mass is 35.5. The number of ether oxygens (including phenoxy) is 1. The van der Waals surface area contributed by atoms with E-state index in [4.69, 9.17) is 22.2 Å². The molecule has 1 unspecified atom stereocenters. The molecule has 2 aromatic rings. The molecule has 1 aromatic heterocycles. The fourth-order valence-corrected chi connectivity index (χ4v) is 3.02. The van der Waals surface area contributed by atoms with Crippen molar-refractivity contribution in [3.8, 4) is 5.75 Å². The van der Waals surface area contributed by atoms with Crippen molar-refractivity contribution in [2.24, 2.45) is 5.84 Å². The molecule has 1 aromatic carbocycles. The number of thiophene rings is 1. The summed E-state index contributed by atoms with van der Waals surface area (Å²) in [5, 5.41) is 0. The topological polar surface area (TPSA) is 47.3 Å². The number of halogens is 1. The van der Waals surface area contributed by atoms with Gasteiger partial charge >= 0.3 is 0 Å². The highest BCUT2D eigenvalue weighted by Gasteiger charge is 2.15. The Hall–Kier alpha value is -1.07. The van der Waals surface area contributed by atoms with Gasteiger partial charge in [0.2, 0.25) is 0 Å². The van der Waals surface area contributed by atoms with Gasteiger partial charge in [0.15, 0.2) is 0 Å². The molecule has 0 spiro atoms. The number of rotatable bonds is 5. The van der Waals surface area contributed by atoms with E-state index in [9.17, 15) is 0 Å². The fourth-order valence-electron chi connectivity index (χ4n) is 1.87. The Balaban J connectivity index is 2.28. The van der Waals surface area contributed by atoms with Gasteiger partial charge in [-0.05, 0) is 43.7 Å². The number of nitrogens with two attached hydrogens (primary N) is 1. The number of hydrogen-bond acceptors (Lipinski definition) is 4. The van der Waals surface area contributed by atoms with Crippen LogP contribution in [0.1, 0.15) is 30.3 Å². The molecule has 0 saturated carbocycles. The molecule has 0 radical (unpaired) electrons. The first-order chi connectivity index (χ1) is 9.10. The Morgan fingerprint density at radius 1 is 1.26 bits per heavy atom. The largest absolute Gasteiger partial charge is 0.491 e. The normalized spacial score (nSPS) is 12.7. The van der Waals surface area contributed by atoms with Gasteiger partial charge in [0.05, 0.1) is 16.5 Å². The first-order valence-corrected chi connectivity index (χ1v) is 7.27. The highest BCUT2D eigenvalue weighted by Crippen LogP contribution is 2.31. The molecule has 0 aliphatic heterocycles. The molecule has 0 fully saturated rings. The van der Waals surface area contributed by atoms with Crippen LogP contribution in [0.2, 0.25) is 4.34 Å². The third-order valence-electron chi connectivity index (χ3n) is 2.61. The molecule has 3 N–H and O–H groups in total. The zero-order chi connectivity index (χ0) is 13.8. The quantitative estimate of drug-likeness (QED) is 0.653. The van der Waals surface area contributed by atoms with Crippen molar-refractivity contribution in [2.75, 3.05) is 0 Å². The van der Waals surface area contributed by atoms with Crippen LogP contribution < -0.4 is 16.0 Å². The molecule has 0 aliphatic rings. The maximum Gasteiger partial charge on any atom is 0.120 e. The smallest absolute Gasteiger partial charge is 0.120 e. The van der Waals surface area contributed by atoms with Gasteiger partial charge in [-0.1, -0.05) is 23.7 Å². The second kappa shape index (κ2) is 6.39. The fraction of sp³-hybridized carbons (Fsp3) is 0.286. The Bertz CT molecular complexity index is 542. The summed E-state index contributed by atoms with van der Waals surface area (Å²) in [7, 11) is 0. The van der Waals surface area contributed by atoms with Crippen molar-refractivity contribution >= 4 is 22.9 Å². The van der Waals surface area contributed by atoms with Crippen molar-refractivity contribution < 1.29 is 4.74 Å². The van der Waals surface area contributed by atoms with Crippen molar-refractivity contribution in [1.82, 2.24) is 5.43 Å². The molecule has 0 bridgehead atoms. The Morgan fingerprint density at radius 2 is 2.05 bits per heavy atom. The lowest BCUT2D eigenvalue weighted by atomic mass is 10.1. The van der Waals surface area contributed by atoms with Gasteiger partial charge < -0.3 is 4.74 Å². The number of benzene rings is 1. The molecule has 5 heteroatoms. The Morgan fingerprint density at radius 3 is 2.63 bits per heavy atom. The van der Waals surface area contributed by atoms with Gasteiger partial charge in [-0.15, -0.1) is 11.3 Å². The average molecular weight is 297 g/mol. The maximum absolute atomic E-state index is 5.97. The van der Waals surface area contributed by atoms with E-state index in [-0.39, 0.29) is 12.1 Å². The second-order valence-electron chi connectivity index (χ2n) is 4.48. The molecule has 0 amide bonds. The van der Waals surface area contributed by atoms with E-state index in [0.717, 1.165) is 20.5 Å². The molecule has 0 aliphatic carbocycles. The van der Waals surface area contributed by atoms with Crippen LogP contribution in [0, 0.1) is 0 Å². The lowest BCUT2D eigenvalue weighted by molar-refractivity contribution is 0.242. The molecule has 0 saturated heterocycles. The predicted octanol–water partition coefficient (Wildman–Crippen LogP) is 3.74. The minimum absolute atomic E-state index is 0.0757. The molecule has 102 valence electrons. The third-order valence-corrected chi connectivity index (χ3v) is 3.90. The lowest BCUT2D eigenvalue weighted by Crippen LogP contribution is -2.28. The number of nitrogens with one attached hydrogen (secondary N) is 1. The molecule has 2 rings (SSSR count). The van der Waals surface area contributed by atoms with E-state index < -0.39 is 0 Å². The number of hydrazine groups is 1. The predicted molar refractivity (Wildman–Crippen MR) is 80.7 cm³/mol. The van der Waals surface area contributed by atoms with E-state index in [1.807, 2.05) is 50.2 Å². The van der Waals surface area contributed by atoms with Gasteiger partial charge in [-0.25, -0.2) is 5.43 Å². The summed E-state index contributed by atoms with van der Waals surface area (Å²) >= 11 is 7.49. The number of hydrogen-bond donors (Lipinski definition) is 2. The summed E-state index contributed by atoms with van der Waals surface area (Å²) in [6.45, 7) is 4.01. The van der Waals surface area contributed by atoms with Gasteiger partial charge in [-0.3, -0.25) is 5.84 Å².